The van der Waals surface area contributed by atoms with Crippen LogP contribution in [0.1, 0.15) is 16.2 Å². The van der Waals surface area contributed by atoms with Crippen LogP contribution in [0.25, 0.3) is 11.3 Å². The van der Waals surface area contributed by atoms with E-state index in [-0.39, 0.29) is 22.1 Å². The molecule has 0 spiro atoms. The number of aliphatic hydroxyl groups is 1. The summed E-state index contributed by atoms with van der Waals surface area (Å²) in [5, 5.41) is 8.95. The van der Waals surface area contributed by atoms with E-state index < -0.39 is 23.8 Å². The normalized spacial score (nSPS) is 10.5. The Labute approximate surface area is 111 Å². The lowest BCUT2D eigenvalue weighted by atomic mass is 10.1. The van der Waals surface area contributed by atoms with Crippen LogP contribution >= 0.6 is 11.6 Å². The summed E-state index contributed by atoms with van der Waals surface area (Å²) in [6.07, 6.45) is 1.53. The zero-order chi connectivity index (χ0) is 14.0. The topological polar surface area (TPSA) is 63.1 Å². The maximum Gasteiger partial charge on any atom is 0.193 e. The van der Waals surface area contributed by atoms with Crippen LogP contribution in [0.5, 0.6) is 0 Å². The molecular weight excluding hydrogens is 278 g/mol. The molecule has 0 amide bonds. The van der Waals surface area contributed by atoms with Gasteiger partial charge in [-0.3, -0.25) is 4.79 Å². The summed E-state index contributed by atoms with van der Waals surface area (Å²) in [7, 11) is 0. The number of rotatable bonds is 3. The average Bonchev–Trinajstić information content (AvgIpc) is 2.41. The Kier molecular flexibility index (Phi) is 3.82. The molecule has 0 aliphatic heterocycles. The molecular formula is C12H7ClF2N2O2. The first-order chi connectivity index (χ1) is 9.08. The fourth-order valence-electron chi connectivity index (χ4n) is 1.55. The number of aliphatic hydroxyl groups excluding tert-OH is 1. The van der Waals surface area contributed by atoms with Crippen molar-refractivity contribution >= 4 is 17.9 Å². The largest absolute Gasteiger partial charge is 0.391 e. The van der Waals surface area contributed by atoms with Crippen LogP contribution in [0.2, 0.25) is 5.02 Å². The predicted octanol–water partition coefficient (Wildman–Crippen LogP) is 2.38. The summed E-state index contributed by atoms with van der Waals surface area (Å²) in [6.45, 7) is -0.797. The van der Waals surface area contributed by atoms with E-state index in [1.54, 1.807) is 0 Å². The van der Waals surface area contributed by atoms with Gasteiger partial charge in [0.25, 0.3) is 0 Å². The maximum absolute atomic E-state index is 14.0. The van der Waals surface area contributed by atoms with Crippen LogP contribution in [-0.4, -0.2) is 21.4 Å². The van der Waals surface area contributed by atoms with Crippen LogP contribution in [0.3, 0.4) is 0 Å². The van der Waals surface area contributed by atoms with Gasteiger partial charge >= 0.3 is 0 Å². The van der Waals surface area contributed by atoms with Crippen LogP contribution < -0.4 is 0 Å². The van der Waals surface area contributed by atoms with Crippen molar-refractivity contribution in [2.24, 2.45) is 0 Å². The smallest absolute Gasteiger partial charge is 0.193 e. The third-order valence-electron chi connectivity index (χ3n) is 2.47. The van der Waals surface area contributed by atoms with Crippen molar-refractivity contribution in [1.82, 2.24) is 9.97 Å². The lowest BCUT2D eigenvalue weighted by Crippen LogP contribution is -2.01. The number of carbonyl (C=O) groups is 1. The second kappa shape index (κ2) is 5.38. The van der Waals surface area contributed by atoms with Crippen LogP contribution in [-0.2, 0) is 6.61 Å². The molecule has 0 fully saturated rings. The zero-order valence-corrected chi connectivity index (χ0v) is 10.2. The number of aldehydes is 1. The number of hydrogen-bond acceptors (Lipinski definition) is 4. The van der Waals surface area contributed by atoms with E-state index in [0.717, 1.165) is 18.3 Å². The van der Waals surface area contributed by atoms with E-state index in [9.17, 15) is 13.6 Å². The Hall–Kier alpha value is -1.92. The molecule has 0 radical (unpaired) electrons. The lowest BCUT2D eigenvalue weighted by molar-refractivity contribution is 0.111. The predicted molar refractivity (Wildman–Crippen MR) is 63.7 cm³/mol. The Morgan fingerprint density at radius 1 is 1.37 bits per heavy atom. The van der Waals surface area contributed by atoms with Crippen molar-refractivity contribution in [3.63, 3.8) is 0 Å². The van der Waals surface area contributed by atoms with Gasteiger partial charge in [-0.05, 0) is 12.1 Å². The van der Waals surface area contributed by atoms with Crippen molar-refractivity contribution < 1.29 is 18.7 Å². The minimum atomic E-state index is -0.972. The van der Waals surface area contributed by atoms with Gasteiger partial charge in [-0.15, -0.1) is 0 Å². The molecule has 0 atom stereocenters. The lowest BCUT2D eigenvalue weighted by Gasteiger charge is -2.08. The molecule has 7 heteroatoms. The highest BCUT2D eigenvalue weighted by Gasteiger charge is 2.17. The van der Waals surface area contributed by atoms with E-state index in [0.29, 0.717) is 6.29 Å². The fraction of sp³-hybridized carbons (Fsp3) is 0.0833. The molecule has 1 heterocycles. The minimum absolute atomic E-state index is 0.0139. The van der Waals surface area contributed by atoms with E-state index in [1.165, 1.54) is 0 Å². The third kappa shape index (κ3) is 2.45. The molecule has 98 valence electrons. The number of hydrogen-bond donors (Lipinski definition) is 1. The molecule has 4 nitrogen and oxygen atoms in total. The van der Waals surface area contributed by atoms with Gasteiger partial charge in [-0.2, -0.15) is 0 Å². The molecule has 0 aliphatic carbocycles. The number of nitrogens with zero attached hydrogens (tertiary/aromatic N) is 2. The van der Waals surface area contributed by atoms with Gasteiger partial charge in [0.05, 0.1) is 23.5 Å². The summed E-state index contributed by atoms with van der Waals surface area (Å²) >= 11 is 5.83. The standard InChI is InChI=1S/C12H7ClF2N2O2/c13-8-3-16-10(5-19)17-12(8)6-1-2-9(14)7(4-18)11(6)15/h1-3,5,18H,4H2. The first-order valence-corrected chi connectivity index (χ1v) is 5.52. The van der Waals surface area contributed by atoms with E-state index in [2.05, 4.69) is 9.97 Å². The molecule has 0 aliphatic rings. The van der Waals surface area contributed by atoms with Gasteiger partial charge in [-0.1, -0.05) is 11.6 Å². The minimum Gasteiger partial charge on any atom is -0.391 e. The fourth-order valence-corrected chi connectivity index (χ4v) is 1.74. The first-order valence-electron chi connectivity index (χ1n) is 5.14. The van der Waals surface area contributed by atoms with Gasteiger partial charge in [0.2, 0.25) is 0 Å². The molecule has 0 unspecified atom stereocenters. The molecule has 0 bridgehead atoms. The monoisotopic (exact) mass is 284 g/mol. The van der Waals surface area contributed by atoms with E-state index in [4.69, 9.17) is 16.7 Å². The second-order valence-electron chi connectivity index (χ2n) is 3.59. The zero-order valence-electron chi connectivity index (χ0n) is 9.40. The molecule has 19 heavy (non-hydrogen) atoms. The molecule has 1 aromatic heterocycles. The summed E-state index contributed by atoms with van der Waals surface area (Å²) in [6, 6.07) is 2.12. The van der Waals surface area contributed by atoms with Crippen molar-refractivity contribution in [1.29, 1.82) is 0 Å². The van der Waals surface area contributed by atoms with Crippen molar-refractivity contribution in [2.75, 3.05) is 0 Å². The highest BCUT2D eigenvalue weighted by Crippen LogP contribution is 2.30. The first kappa shape index (κ1) is 13.5. The molecule has 1 N–H and O–H groups in total. The SMILES string of the molecule is O=Cc1ncc(Cl)c(-c2ccc(F)c(CO)c2F)n1. The molecule has 0 saturated heterocycles. The van der Waals surface area contributed by atoms with Gasteiger partial charge in [0.1, 0.15) is 11.6 Å². The Balaban J connectivity index is 2.68. The summed E-state index contributed by atoms with van der Waals surface area (Å²) in [5.74, 6) is -2.02. The third-order valence-corrected chi connectivity index (χ3v) is 2.74. The highest BCUT2D eigenvalue weighted by molar-refractivity contribution is 6.32. The number of aromatic nitrogens is 2. The summed E-state index contributed by atoms with van der Waals surface area (Å²) in [4.78, 5) is 18.0. The van der Waals surface area contributed by atoms with Crippen molar-refractivity contribution in [3.05, 3.63) is 46.4 Å². The summed E-state index contributed by atoms with van der Waals surface area (Å²) < 4.78 is 27.3. The Bertz CT molecular complexity index is 650. The van der Waals surface area contributed by atoms with Crippen LogP contribution in [0.4, 0.5) is 8.78 Å². The molecule has 0 saturated carbocycles. The summed E-state index contributed by atoms with van der Waals surface area (Å²) in [5.41, 5.74) is -0.633. The van der Waals surface area contributed by atoms with Crippen LogP contribution in [0, 0.1) is 11.6 Å². The number of halogens is 3. The quantitative estimate of drug-likeness (QED) is 0.879. The van der Waals surface area contributed by atoms with Crippen molar-refractivity contribution in [3.8, 4) is 11.3 Å². The molecule has 1 aromatic carbocycles. The Morgan fingerprint density at radius 2 is 2.11 bits per heavy atom. The average molecular weight is 285 g/mol. The highest BCUT2D eigenvalue weighted by atomic mass is 35.5. The van der Waals surface area contributed by atoms with Gasteiger partial charge in [-0.25, -0.2) is 18.7 Å². The molecule has 2 aromatic rings. The van der Waals surface area contributed by atoms with Crippen molar-refractivity contribution in [2.45, 2.75) is 6.61 Å². The van der Waals surface area contributed by atoms with E-state index >= 15 is 0 Å². The van der Waals surface area contributed by atoms with E-state index in [1.807, 2.05) is 0 Å². The second-order valence-corrected chi connectivity index (χ2v) is 4.00. The van der Waals surface area contributed by atoms with Gasteiger partial charge in [0, 0.05) is 11.1 Å². The van der Waals surface area contributed by atoms with Gasteiger partial charge in [0.15, 0.2) is 12.1 Å². The number of benzene rings is 1. The number of carbonyl (C=O) groups excluding carboxylic acids is 1. The molecule has 2 rings (SSSR count). The maximum atomic E-state index is 14.0. The Morgan fingerprint density at radius 3 is 2.74 bits per heavy atom. The van der Waals surface area contributed by atoms with Crippen LogP contribution in [0.15, 0.2) is 18.3 Å². The van der Waals surface area contributed by atoms with Gasteiger partial charge < -0.3 is 5.11 Å².